The third kappa shape index (κ3) is 3.99. The Kier molecular flexibility index (Phi) is 5.71. The summed E-state index contributed by atoms with van der Waals surface area (Å²) in [5.74, 6) is 0.328. The molecule has 4 aromatic rings. The third-order valence-electron chi connectivity index (χ3n) is 6.11. The molecule has 1 aromatic heterocycles. The Morgan fingerprint density at radius 3 is 2.47 bits per heavy atom. The molecule has 0 saturated carbocycles. The molecule has 0 radical (unpaired) electrons. The van der Waals surface area contributed by atoms with Crippen LogP contribution in [0.5, 0.6) is 0 Å². The van der Waals surface area contributed by atoms with Crippen molar-refractivity contribution in [1.82, 2.24) is 15.5 Å². The van der Waals surface area contributed by atoms with Crippen molar-refractivity contribution in [3.05, 3.63) is 107 Å². The second kappa shape index (κ2) is 8.83. The number of benzene rings is 3. The smallest absolute Gasteiger partial charge is 0.258 e. The minimum atomic E-state index is -0.355. The van der Waals surface area contributed by atoms with Crippen molar-refractivity contribution in [1.29, 1.82) is 0 Å². The quantitative estimate of drug-likeness (QED) is 0.350. The van der Waals surface area contributed by atoms with Gasteiger partial charge >= 0.3 is 0 Å². The zero-order chi connectivity index (χ0) is 23.8. The van der Waals surface area contributed by atoms with Crippen LogP contribution in [0.2, 0.25) is 0 Å². The normalized spacial score (nSPS) is 16.1. The summed E-state index contributed by atoms with van der Waals surface area (Å²) in [7, 11) is 0. The van der Waals surface area contributed by atoms with Crippen LogP contribution in [0, 0.1) is 19.7 Å². The molecule has 0 spiro atoms. The number of halogens is 1. The van der Waals surface area contributed by atoms with E-state index in [0.717, 1.165) is 22.5 Å². The molecule has 1 aliphatic heterocycles. The van der Waals surface area contributed by atoms with Crippen LogP contribution in [0.1, 0.15) is 35.5 Å². The highest BCUT2D eigenvalue weighted by Crippen LogP contribution is 2.39. The largest absolute Gasteiger partial charge is 0.351 e. The fourth-order valence-electron chi connectivity index (χ4n) is 4.17. The van der Waals surface area contributed by atoms with Crippen molar-refractivity contribution in [3.63, 3.8) is 0 Å². The number of rotatable bonds is 4. The van der Waals surface area contributed by atoms with Crippen molar-refractivity contribution < 1.29 is 8.91 Å². The van der Waals surface area contributed by atoms with E-state index in [4.69, 9.17) is 16.7 Å². The molecule has 0 aliphatic carbocycles. The molecular formula is C27H23FN4OS. The number of anilines is 1. The fraction of sp³-hybridized carbons (Fsp3) is 0.148. The lowest BCUT2D eigenvalue weighted by molar-refractivity contribution is 0.404. The molecule has 3 aromatic carbocycles. The number of allylic oxidation sites excluding steroid dienone is 1. The summed E-state index contributed by atoms with van der Waals surface area (Å²) >= 11 is 5.81. The van der Waals surface area contributed by atoms with Gasteiger partial charge in [0.25, 0.3) is 5.89 Å². The van der Waals surface area contributed by atoms with Gasteiger partial charge in [-0.3, -0.25) is 4.90 Å². The molecule has 170 valence electrons. The molecule has 1 unspecified atom stereocenters. The molecule has 1 aliphatic rings. The van der Waals surface area contributed by atoms with Crippen molar-refractivity contribution in [2.45, 2.75) is 26.8 Å². The molecule has 2 heterocycles. The van der Waals surface area contributed by atoms with E-state index in [0.29, 0.717) is 22.4 Å². The van der Waals surface area contributed by atoms with Gasteiger partial charge in [-0.2, -0.15) is 4.98 Å². The van der Waals surface area contributed by atoms with Crippen LogP contribution >= 0.6 is 12.2 Å². The second-order valence-corrected chi connectivity index (χ2v) is 8.72. The van der Waals surface area contributed by atoms with E-state index in [9.17, 15) is 4.39 Å². The van der Waals surface area contributed by atoms with Crippen molar-refractivity contribution in [3.8, 4) is 11.4 Å². The Morgan fingerprint density at radius 1 is 0.941 bits per heavy atom. The first-order valence-electron chi connectivity index (χ1n) is 11.0. The van der Waals surface area contributed by atoms with Crippen molar-refractivity contribution in [2.75, 3.05) is 4.90 Å². The van der Waals surface area contributed by atoms with Gasteiger partial charge in [-0.1, -0.05) is 53.7 Å². The highest BCUT2D eigenvalue weighted by Gasteiger charge is 2.34. The first-order chi connectivity index (χ1) is 16.4. The molecule has 0 amide bonds. The first kappa shape index (κ1) is 22.0. The maximum absolute atomic E-state index is 13.8. The van der Waals surface area contributed by atoms with E-state index >= 15 is 0 Å². The van der Waals surface area contributed by atoms with Gasteiger partial charge in [-0.25, -0.2) is 4.39 Å². The molecular weight excluding hydrogens is 447 g/mol. The molecule has 5 rings (SSSR count). The topological polar surface area (TPSA) is 54.2 Å². The molecule has 0 saturated heterocycles. The van der Waals surface area contributed by atoms with Crippen LogP contribution in [0.4, 0.5) is 10.1 Å². The number of thiocarbonyl (C=S) groups is 1. The number of nitrogens with zero attached hydrogens (tertiary/aromatic N) is 3. The van der Waals surface area contributed by atoms with Crippen LogP contribution in [0.25, 0.3) is 17.0 Å². The van der Waals surface area contributed by atoms with Crippen molar-refractivity contribution >= 4 is 28.6 Å². The zero-order valence-corrected chi connectivity index (χ0v) is 19.9. The molecule has 5 nitrogen and oxygen atoms in total. The second-order valence-electron chi connectivity index (χ2n) is 8.33. The lowest BCUT2D eigenvalue weighted by atomic mass is 9.94. The predicted molar refractivity (Wildman–Crippen MR) is 136 cm³/mol. The Morgan fingerprint density at radius 2 is 1.74 bits per heavy atom. The molecule has 34 heavy (non-hydrogen) atoms. The van der Waals surface area contributed by atoms with E-state index in [1.807, 2.05) is 48.2 Å². The number of hydrogen-bond acceptors (Lipinski definition) is 4. The van der Waals surface area contributed by atoms with Gasteiger partial charge in [-0.05, 0) is 73.9 Å². The SMILES string of the molecule is CC1=C(c2nc(-c3cccc(F)c3)no2)C(c2ccccc2)NC(=S)N1c1ccc(C)c(C)c1. The number of aryl methyl sites for hydroxylation is 2. The maximum Gasteiger partial charge on any atom is 0.258 e. The lowest BCUT2D eigenvalue weighted by Crippen LogP contribution is -2.46. The minimum Gasteiger partial charge on any atom is -0.351 e. The van der Waals surface area contributed by atoms with E-state index in [1.165, 1.54) is 23.3 Å². The molecule has 1 atom stereocenters. The molecule has 1 N–H and O–H groups in total. The van der Waals surface area contributed by atoms with E-state index < -0.39 is 0 Å². The van der Waals surface area contributed by atoms with Crippen LogP contribution < -0.4 is 10.2 Å². The van der Waals surface area contributed by atoms with Crippen molar-refractivity contribution in [2.24, 2.45) is 0 Å². The third-order valence-corrected chi connectivity index (χ3v) is 6.41. The Hall–Kier alpha value is -3.84. The number of nitrogens with one attached hydrogen (secondary N) is 1. The summed E-state index contributed by atoms with van der Waals surface area (Å²) in [4.78, 5) is 6.63. The summed E-state index contributed by atoms with van der Waals surface area (Å²) in [6.45, 7) is 6.16. The highest BCUT2D eigenvalue weighted by molar-refractivity contribution is 7.80. The van der Waals surface area contributed by atoms with Crippen LogP contribution in [-0.2, 0) is 0 Å². The highest BCUT2D eigenvalue weighted by atomic mass is 32.1. The zero-order valence-electron chi connectivity index (χ0n) is 19.0. The molecule has 0 fully saturated rings. The predicted octanol–water partition coefficient (Wildman–Crippen LogP) is 6.36. The van der Waals surface area contributed by atoms with Gasteiger partial charge in [0.2, 0.25) is 5.82 Å². The van der Waals surface area contributed by atoms with Gasteiger partial charge in [0.1, 0.15) is 5.82 Å². The summed E-state index contributed by atoms with van der Waals surface area (Å²) < 4.78 is 19.5. The lowest BCUT2D eigenvalue weighted by Gasteiger charge is -2.37. The monoisotopic (exact) mass is 470 g/mol. The minimum absolute atomic E-state index is 0.280. The van der Waals surface area contributed by atoms with Gasteiger partial charge in [0.15, 0.2) is 5.11 Å². The van der Waals surface area contributed by atoms with E-state index in [1.54, 1.807) is 12.1 Å². The summed E-state index contributed by atoms with van der Waals surface area (Å²) in [6.07, 6.45) is 0. The Bertz CT molecular complexity index is 1410. The van der Waals surface area contributed by atoms with E-state index in [2.05, 4.69) is 41.4 Å². The van der Waals surface area contributed by atoms with Crippen LogP contribution in [-0.4, -0.2) is 15.3 Å². The van der Waals surface area contributed by atoms with E-state index in [-0.39, 0.29) is 11.9 Å². The van der Waals surface area contributed by atoms with Crippen LogP contribution in [0.15, 0.2) is 83.0 Å². The molecule has 7 heteroatoms. The fourth-order valence-corrected chi connectivity index (χ4v) is 4.53. The summed E-state index contributed by atoms with van der Waals surface area (Å²) in [5.41, 5.74) is 6.60. The standard InChI is InChI=1S/C27H23FN4OS/c1-16-12-13-22(14-17(16)2)32-18(3)23(24(29-27(32)34)19-8-5-4-6-9-19)26-30-25(31-33-26)20-10-7-11-21(28)15-20/h4-15,24H,1-3H3,(H,29,34). The Labute approximate surface area is 202 Å². The Balaban J connectivity index is 1.66. The average molecular weight is 471 g/mol. The number of hydrogen-bond donors (Lipinski definition) is 1. The summed E-state index contributed by atoms with van der Waals surface area (Å²) in [5, 5.41) is 8.19. The van der Waals surface area contributed by atoms with Gasteiger partial charge < -0.3 is 9.84 Å². The van der Waals surface area contributed by atoms with Gasteiger partial charge in [0.05, 0.1) is 11.6 Å². The summed E-state index contributed by atoms with van der Waals surface area (Å²) in [6, 6.07) is 22.1. The number of aromatic nitrogens is 2. The van der Waals surface area contributed by atoms with Gasteiger partial charge in [-0.15, -0.1) is 0 Å². The average Bonchev–Trinajstić information content (AvgIpc) is 3.31. The first-order valence-corrected chi connectivity index (χ1v) is 11.4. The van der Waals surface area contributed by atoms with Gasteiger partial charge in [0, 0.05) is 16.9 Å². The van der Waals surface area contributed by atoms with Crippen LogP contribution in [0.3, 0.4) is 0 Å². The maximum atomic E-state index is 13.8. The molecule has 0 bridgehead atoms.